The molecule has 1 amide bonds. The SMILES string of the molecule is CC(=O)NC=[C-]C#CC#CC#CC#CC#CN1CCCC1. The van der Waals surface area contributed by atoms with Crippen LogP contribution in [0.25, 0.3) is 0 Å². The Morgan fingerprint density at radius 3 is 2.19 bits per heavy atom. The maximum absolute atomic E-state index is 10.5. The molecule has 0 spiro atoms. The van der Waals surface area contributed by atoms with Gasteiger partial charge < -0.3 is 10.2 Å². The van der Waals surface area contributed by atoms with Crippen molar-refractivity contribution >= 4 is 5.91 Å². The Balaban J connectivity index is 2.30. The number of likely N-dealkylation sites (tertiary alicyclic amines) is 1. The van der Waals surface area contributed by atoms with Crippen molar-refractivity contribution in [2.24, 2.45) is 0 Å². The van der Waals surface area contributed by atoms with Crippen molar-refractivity contribution in [1.29, 1.82) is 0 Å². The van der Waals surface area contributed by atoms with Crippen molar-refractivity contribution in [3.63, 3.8) is 0 Å². The minimum absolute atomic E-state index is 0.173. The number of allylic oxidation sites excluding steroid dienone is 1. The van der Waals surface area contributed by atoms with Gasteiger partial charge in [0.2, 0.25) is 5.91 Å². The van der Waals surface area contributed by atoms with Crippen LogP contribution in [0.3, 0.4) is 0 Å². The minimum Gasteiger partial charge on any atom is -0.350 e. The molecule has 0 radical (unpaired) electrons. The van der Waals surface area contributed by atoms with Crippen molar-refractivity contribution in [3.8, 4) is 59.3 Å². The van der Waals surface area contributed by atoms with Gasteiger partial charge in [-0.05, 0) is 30.6 Å². The molecule has 3 nitrogen and oxygen atoms in total. The lowest BCUT2D eigenvalue weighted by Gasteiger charge is -2.03. The number of hydrogen-bond acceptors (Lipinski definition) is 2. The van der Waals surface area contributed by atoms with Crippen LogP contribution in [0, 0.1) is 65.4 Å². The second kappa shape index (κ2) is 10.7. The topological polar surface area (TPSA) is 32.3 Å². The zero-order valence-corrected chi connectivity index (χ0v) is 11.8. The standard InChI is InChI=1S/C18H13N2O/c1-18(21)19-14-10-8-6-4-2-3-5-7-9-11-15-20-16-12-13-17-20/h14H,12-13,16-17H2,1H3,(H,19,21)/q-1. The van der Waals surface area contributed by atoms with Crippen LogP contribution in [0.15, 0.2) is 6.20 Å². The van der Waals surface area contributed by atoms with Crippen LogP contribution in [0.2, 0.25) is 0 Å². The third-order valence-corrected chi connectivity index (χ3v) is 2.24. The first-order valence-corrected chi connectivity index (χ1v) is 6.39. The fourth-order valence-electron chi connectivity index (χ4n) is 1.36. The molecule has 1 saturated heterocycles. The fraction of sp³-hybridized carbons (Fsp3) is 0.278. The van der Waals surface area contributed by atoms with Crippen LogP contribution in [0.1, 0.15) is 19.8 Å². The number of carbonyl (C=O) groups excluding carboxylic acids is 1. The highest BCUT2D eigenvalue weighted by atomic mass is 16.1. The largest absolute Gasteiger partial charge is 0.350 e. The van der Waals surface area contributed by atoms with Gasteiger partial charge in [-0.2, -0.15) is 6.08 Å². The van der Waals surface area contributed by atoms with Crippen LogP contribution in [0.4, 0.5) is 0 Å². The minimum atomic E-state index is -0.173. The first-order valence-electron chi connectivity index (χ1n) is 6.39. The number of rotatable bonds is 1. The Bertz CT molecular complexity index is 698. The van der Waals surface area contributed by atoms with Crippen LogP contribution in [-0.2, 0) is 4.79 Å². The van der Waals surface area contributed by atoms with Crippen molar-refractivity contribution in [2.45, 2.75) is 19.8 Å². The summed E-state index contributed by atoms with van der Waals surface area (Å²) in [7, 11) is 0. The second-order valence-electron chi connectivity index (χ2n) is 3.92. The van der Waals surface area contributed by atoms with Gasteiger partial charge in [0.05, 0.1) is 0 Å². The van der Waals surface area contributed by atoms with E-state index in [1.54, 1.807) is 0 Å². The summed E-state index contributed by atoms with van der Waals surface area (Å²) in [6.07, 6.45) is 6.28. The number of amides is 1. The Labute approximate surface area is 126 Å². The number of carbonyl (C=O) groups is 1. The van der Waals surface area contributed by atoms with E-state index >= 15 is 0 Å². The predicted molar refractivity (Wildman–Crippen MR) is 81.3 cm³/mol. The average Bonchev–Trinajstić information content (AvgIpc) is 2.97. The summed E-state index contributed by atoms with van der Waals surface area (Å²) >= 11 is 0. The van der Waals surface area contributed by atoms with E-state index in [9.17, 15) is 4.79 Å². The van der Waals surface area contributed by atoms with E-state index in [-0.39, 0.29) is 5.91 Å². The molecule has 0 atom stereocenters. The summed E-state index contributed by atoms with van der Waals surface area (Å²) in [5.41, 5.74) is 0. The Hall–Kier alpha value is -3.19. The van der Waals surface area contributed by atoms with Crippen LogP contribution < -0.4 is 5.32 Å². The molecule has 102 valence electrons. The summed E-state index contributed by atoms with van der Waals surface area (Å²) in [6.45, 7) is 3.45. The van der Waals surface area contributed by atoms with Crippen molar-refractivity contribution in [2.75, 3.05) is 13.1 Å². The zero-order chi connectivity index (χ0) is 15.2. The molecule has 1 N–H and O–H groups in total. The molecule has 0 unspecified atom stereocenters. The number of hydrogen-bond donors (Lipinski definition) is 1. The van der Waals surface area contributed by atoms with Crippen LogP contribution >= 0.6 is 0 Å². The Morgan fingerprint density at radius 2 is 1.57 bits per heavy atom. The van der Waals surface area contributed by atoms with Gasteiger partial charge in [-0.15, -0.1) is 5.92 Å². The molecule has 1 heterocycles. The van der Waals surface area contributed by atoms with E-state index in [1.165, 1.54) is 26.0 Å². The molecule has 1 rings (SSSR count). The first-order chi connectivity index (χ1) is 10.3. The summed E-state index contributed by atoms with van der Waals surface area (Å²) in [5.74, 6) is 23.0. The molecule has 21 heavy (non-hydrogen) atoms. The van der Waals surface area contributed by atoms with Crippen molar-refractivity contribution in [3.05, 3.63) is 12.3 Å². The highest BCUT2D eigenvalue weighted by molar-refractivity contribution is 5.73. The first kappa shape index (κ1) is 15.9. The highest BCUT2D eigenvalue weighted by Gasteiger charge is 2.05. The molecule has 0 aromatic rings. The van der Waals surface area contributed by atoms with E-state index in [0.29, 0.717) is 0 Å². The Morgan fingerprint density at radius 1 is 1.00 bits per heavy atom. The summed E-state index contributed by atoms with van der Waals surface area (Å²) in [5, 5.41) is 2.41. The smallest absolute Gasteiger partial charge is 0.219 e. The van der Waals surface area contributed by atoms with Crippen molar-refractivity contribution in [1.82, 2.24) is 10.2 Å². The maximum Gasteiger partial charge on any atom is 0.219 e. The van der Waals surface area contributed by atoms with Gasteiger partial charge in [-0.1, -0.05) is 6.20 Å². The monoisotopic (exact) mass is 273 g/mol. The van der Waals surface area contributed by atoms with Crippen LogP contribution in [0.5, 0.6) is 0 Å². The number of nitrogens with zero attached hydrogens (tertiary/aromatic N) is 1. The van der Waals surface area contributed by atoms with Gasteiger partial charge in [0.25, 0.3) is 0 Å². The van der Waals surface area contributed by atoms with E-state index in [0.717, 1.165) is 13.1 Å². The third-order valence-electron chi connectivity index (χ3n) is 2.24. The molecular weight excluding hydrogens is 260 g/mol. The lowest BCUT2D eigenvalue weighted by atomic mass is 10.4. The molecule has 0 aromatic heterocycles. The van der Waals surface area contributed by atoms with Gasteiger partial charge in [-0.3, -0.25) is 10.7 Å². The lowest BCUT2D eigenvalue weighted by molar-refractivity contribution is -0.118. The molecule has 0 aromatic carbocycles. The van der Waals surface area contributed by atoms with Gasteiger partial charge in [0.1, 0.15) is 0 Å². The van der Waals surface area contributed by atoms with E-state index < -0.39 is 0 Å². The van der Waals surface area contributed by atoms with Gasteiger partial charge in [0, 0.05) is 43.8 Å². The molecule has 3 heteroatoms. The predicted octanol–water partition coefficient (Wildman–Crippen LogP) is 0.510. The summed E-state index contributed by atoms with van der Waals surface area (Å²) in [6, 6.07) is 2.96. The molecule has 0 bridgehead atoms. The quantitative estimate of drug-likeness (QED) is 0.558. The van der Waals surface area contributed by atoms with E-state index in [1.807, 2.05) is 0 Å². The zero-order valence-electron chi connectivity index (χ0n) is 11.8. The Kier molecular flexibility index (Phi) is 8.09. The fourth-order valence-corrected chi connectivity index (χ4v) is 1.36. The average molecular weight is 273 g/mol. The molecule has 1 fully saturated rings. The lowest BCUT2D eigenvalue weighted by Crippen LogP contribution is -2.11. The van der Waals surface area contributed by atoms with Gasteiger partial charge in [-0.25, -0.2) is 5.92 Å². The van der Waals surface area contributed by atoms with Crippen LogP contribution in [-0.4, -0.2) is 23.9 Å². The summed E-state index contributed by atoms with van der Waals surface area (Å²) in [4.78, 5) is 12.6. The normalized spacial score (nSPS) is 11.2. The molecule has 0 aliphatic carbocycles. The molecular formula is C18H13N2O-. The highest BCUT2D eigenvalue weighted by Crippen LogP contribution is 2.04. The van der Waals surface area contributed by atoms with E-state index in [2.05, 4.69) is 75.6 Å². The molecule has 1 aliphatic rings. The second-order valence-corrected chi connectivity index (χ2v) is 3.92. The number of nitrogens with one attached hydrogen (secondary N) is 1. The summed E-state index contributed by atoms with van der Waals surface area (Å²) < 4.78 is 0. The molecule has 1 aliphatic heterocycles. The van der Waals surface area contributed by atoms with Gasteiger partial charge >= 0.3 is 0 Å². The van der Waals surface area contributed by atoms with E-state index in [4.69, 9.17) is 0 Å². The molecule has 0 saturated carbocycles. The van der Waals surface area contributed by atoms with Crippen molar-refractivity contribution < 1.29 is 4.79 Å². The van der Waals surface area contributed by atoms with Gasteiger partial charge in [0.15, 0.2) is 0 Å². The maximum atomic E-state index is 10.5. The third kappa shape index (κ3) is 9.40.